The molecule has 1 aliphatic rings. The Kier molecular flexibility index (Phi) is 7.97. The van der Waals surface area contributed by atoms with Gasteiger partial charge in [0.25, 0.3) is 0 Å². The fourth-order valence-corrected chi connectivity index (χ4v) is 9.15. The highest BCUT2D eigenvalue weighted by atomic mass is 16.3. The predicted molar refractivity (Wildman–Crippen MR) is 242 cm³/mol. The third kappa shape index (κ3) is 5.56. The molecule has 0 amide bonds. The highest BCUT2D eigenvalue weighted by Gasteiger charge is 2.40. The Morgan fingerprint density at radius 2 is 0.724 bits per heavy atom. The Morgan fingerprint density at radius 1 is 0.345 bits per heavy atom. The highest BCUT2D eigenvalue weighted by molar-refractivity contribution is 6.07. The van der Waals surface area contributed by atoms with Crippen molar-refractivity contribution in [2.24, 2.45) is 0 Å². The van der Waals surface area contributed by atoms with E-state index in [0.717, 1.165) is 50.1 Å². The summed E-state index contributed by atoms with van der Waals surface area (Å²) < 4.78 is 6.45. The average molecular weight is 742 g/mol. The second-order valence-corrected chi connectivity index (χ2v) is 15.4. The van der Waals surface area contributed by atoms with Crippen LogP contribution in [0.5, 0.6) is 0 Å². The maximum absolute atomic E-state index is 6.45. The zero-order valence-electron chi connectivity index (χ0n) is 32.1. The summed E-state index contributed by atoms with van der Waals surface area (Å²) in [5.74, 6) is 0. The van der Waals surface area contributed by atoms with Crippen molar-refractivity contribution in [3.05, 3.63) is 235 Å². The number of anilines is 3. The summed E-state index contributed by atoms with van der Waals surface area (Å²) in [6.45, 7) is 2.37. The molecule has 2 heteroatoms. The molecule has 1 heterocycles. The quantitative estimate of drug-likeness (QED) is 0.162. The topological polar surface area (TPSA) is 16.4 Å². The molecular formula is C56H39NO. The summed E-state index contributed by atoms with van der Waals surface area (Å²) in [6, 6.07) is 78.8. The van der Waals surface area contributed by atoms with Gasteiger partial charge in [0.2, 0.25) is 0 Å². The van der Waals surface area contributed by atoms with E-state index in [0.29, 0.717) is 0 Å². The second-order valence-electron chi connectivity index (χ2n) is 15.4. The molecule has 0 unspecified atom stereocenters. The smallest absolute Gasteiger partial charge is 0.135 e. The van der Waals surface area contributed by atoms with Gasteiger partial charge in [-0.3, -0.25) is 0 Å². The molecule has 1 aliphatic carbocycles. The van der Waals surface area contributed by atoms with Gasteiger partial charge in [0.05, 0.1) is 0 Å². The van der Waals surface area contributed by atoms with Crippen LogP contribution in [0.2, 0.25) is 0 Å². The zero-order valence-corrected chi connectivity index (χ0v) is 32.1. The minimum Gasteiger partial charge on any atom is -0.456 e. The molecule has 0 radical (unpaired) electrons. The van der Waals surface area contributed by atoms with Crippen molar-refractivity contribution in [3.8, 4) is 44.5 Å². The Hall–Kier alpha value is -7.42. The van der Waals surface area contributed by atoms with Crippen molar-refractivity contribution in [1.29, 1.82) is 0 Å². The molecule has 0 saturated carbocycles. The monoisotopic (exact) mass is 741 g/mol. The predicted octanol–water partition coefficient (Wildman–Crippen LogP) is 15.4. The largest absolute Gasteiger partial charge is 0.456 e. The number of nitrogens with zero attached hydrogens (tertiary/aromatic N) is 1. The lowest BCUT2D eigenvalue weighted by Gasteiger charge is -2.28. The average Bonchev–Trinajstić information content (AvgIpc) is 3.80. The molecule has 0 fully saturated rings. The van der Waals surface area contributed by atoms with Gasteiger partial charge in [-0.05, 0) is 129 Å². The summed E-state index contributed by atoms with van der Waals surface area (Å²) in [6.07, 6.45) is 0. The fraction of sp³-hybridized carbons (Fsp3) is 0.0357. The Labute approximate surface area is 338 Å². The molecular weight excluding hydrogens is 703 g/mol. The van der Waals surface area contributed by atoms with Crippen molar-refractivity contribution >= 4 is 39.0 Å². The Balaban J connectivity index is 0.964. The lowest BCUT2D eigenvalue weighted by molar-refractivity contribution is 0.667. The second kappa shape index (κ2) is 13.7. The van der Waals surface area contributed by atoms with Crippen molar-refractivity contribution in [2.45, 2.75) is 12.3 Å². The normalized spacial score (nSPS) is 12.7. The van der Waals surface area contributed by atoms with Gasteiger partial charge in [0.1, 0.15) is 11.2 Å². The summed E-state index contributed by atoms with van der Waals surface area (Å²) >= 11 is 0. The van der Waals surface area contributed by atoms with Gasteiger partial charge < -0.3 is 9.32 Å². The van der Waals surface area contributed by atoms with Crippen molar-refractivity contribution in [2.75, 3.05) is 4.90 Å². The zero-order chi connectivity index (χ0) is 38.6. The summed E-state index contributed by atoms with van der Waals surface area (Å²) in [5, 5.41) is 2.26. The molecule has 0 spiro atoms. The lowest BCUT2D eigenvalue weighted by Crippen LogP contribution is -2.22. The minimum absolute atomic E-state index is 0.270. The molecule has 0 aliphatic heterocycles. The van der Waals surface area contributed by atoms with E-state index < -0.39 is 0 Å². The number of hydrogen-bond donors (Lipinski definition) is 0. The van der Waals surface area contributed by atoms with Crippen LogP contribution < -0.4 is 4.90 Å². The van der Waals surface area contributed by atoms with Gasteiger partial charge in [0.15, 0.2) is 0 Å². The Morgan fingerprint density at radius 3 is 1.22 bits per heavy atom. The van der Waals surface area contributed by atoms with Crippen LogP contribution >= 0.6 is 0 Å². The molecule has 274 valence electrons. The van der Waals surface area contributed by atoms with Crippen LogP contribution in [0, 0.1) is 0 Å². The van der Waals surface area contributed by atoms with Crippen LogP contribution in [0.3, 0.4) is 0 Å². The van der Waals surface area contributed by atoms with Crippen LogP contribution in [0.1, 0.15) is 23.6 Å². The fourth-order valence-electron chi connectivity index (χ4n) is 9.15. The summed E-state index contributed by atoms with van der Waals surface area (Å²) in [4.78, 5) is 2.33. The third-order valence-electron chi connectivity index (χ3n) is 12.2. The van der Waals surface area contributed by atoms with Gasteiger partial charge in [-0.2, -0.15) is 0 Å². The van der Waals surface area contributed by atoms with Gasteiger partial charge >= 0.3 is 0 Å². The van der Waals surface area contributed by atoms with Crippen molar-refractivity contribution in [3.63, 3.8) is 0 Å². The molecule has 58 heavy (non-hydrogen) atoms. The molecule has 1 aromatic heterocycles. The molecule has 0 saturated heterocycles. The maximum Gasteiger partial charge on any atom is 0.135 e. The first kappa shape index (κ1) is 33.9. The van der Waals surface area contributed by atoms with E-state index >= 15 is 0 Å². The van der Waals surface area contributed by atoms with Crippen LogP contribution in [0.25, 0.3) is 66.4 Å². The van der Waals surface area contributed by atoms with E-state index in [1.165, 1.54) is 50.1 Å². The highest BCUT2D eigenvalue weighted by Crippen LogP contribution is 2.53. The van der Waals surface area contributed by atoms with Crippen LogP contribution in [-0.2, 0) is 5.41 Å². The molecule has 11 rings (SSSR count). The van der Waals surface area contributed by atoms with Gasteiger partial charge in [-0.25, -0.2) is 0 Å². The first-order valence-electron chi connectivity index (χ1n) is 20.0. The van der Waals surface area contributed by atoms with Gasteiger partial charge in [0, 0.05) is 33.2 Å². The Bertz CT molecular complexity index is 2960. The molecule has 9 aromatic carbocycles. The van der Waals surface area contributed by atoms with Crippen LogP contribution in [0.15, 0.2) is 223 Å². The number of rotatable bonds is 7. The first-order chi connectivity index (χ1) is 28.6. The van der Waals surface area contributed by atoms with E-state index in [1.54, 1.807) is 0 Å². The number of fused-ring (bicyclic) bond motifs is 6. The molecule has 0 N–H and O–H groups in total. The third-order valence-corrected chi connectivity index (χ3v) is 12.2. The van der Waals surface area contributed by atoms with E-state index in [1.807, 2.05) is 0 Å². The summed E-state index contributed by atoms with van der Waals surface area (Å²) in [7, 11) is 0. The SMILES string of the molecule is CC1(c2ccc3oc4ccc(-c5ccc(N(c6ccc(-c7ccccc7)cc6)c6ccc(-c7ccccc7)cc6)cc5)cc4c3c2)c2ccccc2-c2ccccc21. The van der Waals surface area contributed by atoms with E-state index in [9.17, 15) is 0 Å². The van der Waals surface area contributed by atoms with E-state index in [2.05, 4.69) is 230 Å². The number of benzene rings is 9. The van der Waals surface area contributed by atoms with Crippen LogP contribution in [-0.4, -0.2) is 0 Å². The lowest BCUT2D eigenvalue weighted by atomic mass is 9.74. The summed E-state index contributed by atoms with van der Waals surface area (Å²) in [5.41, 5.74) is 18.5. The van der Waals surface area contributed by atoms with Crippen molar-refractivity contribution in [1.82, 2.24) is 0 Å². The number of hydrogen-bond acceptors (Lipinski definition) is 2. The molecule has 2 nitrogen and oxygen atoms in total. The molecule has 0 atom stereocenters. The maximum atomic E-state index is 6.45. The van der Waals surface area contributed by atoms with Crippen LogP contribution in [0.4, 0.5) is 17.1 Å². The first-order valence-corrected chi connectivity index (χ1v) is 20.0. The van der Waals surface area contributed by atoms with E-state index in [-0.39, 0.29) is 5.41 Å². The van der Waals surface area contributed by atoms with Crippen molar-refractivity contribution < 1.29 is 4.42 Å². The van der Waals surface area contributed by atoms with E-state index in [4.69, 9.17) is 4.42 Å². The van der Waals surface area contributed by atoms with Gasteiger partial charge in [-0.1, -0.05) is 158 Å². The molecule has 0 bridgehead atoms. The standard InChI is InChI=1S/C56H39NO/c1-56(52-18-10-8-16-48(52)49-17-9-11-19-53(49)56)44-27-35-55-51(37-44)50-36-43(26-34-54(50)58-55)42-24-32-47(33-25-42)57(45-28-20-40(21-29-45)38-12-4-2-5-13-38)46-30-22-41(23-31-46)39-14-6-3-7-15-39/h2-37H,1H3. The minimum atomic E-state index is -0.270. The van der Waals surface area contributed by atoms with Gasteiger partial charge in [-0.15, -0.1) is 0 Å². The number of furan rings is 1. The molecule has 10 aromatic rings.